The maximum Gasteiger partial charge on any atom is 0.319 e. The Morgan fingerprint density at radius 2 is 2.00 bits per heavy atom. The number of thioether (sulfide) groups is 1. The minimum absolute atomic E-state index is 0.0650. The van der Waals surface area contributed by atoms with Crippen LogP contribution in [0.4, 0.5) is 4.39 Å². The number of hydrogen-bond acceptors (Lipinski definition) is 3. The molecule has 2 nitrogen and oxygen atoms in total. The van der Waals surface area contributed by atoms with E-state index in [4.69, 9.17) is 4.74 Å². The maximum atomic E-state index is 12.6. The normalized spacial score (nSPS) is 14.4. The average Bonchev–Trinajstić information content (AvgIpc) is 2.28. The Balaban J connectivity index is 3.88. The summed E-state index contributed by atoms with van der Waals surface area (Å²) in [6.07, 6.45) is 3.65. The Bertz CT molecular complexity index is 198. The van der Waals surface area contributed by atoms with Gasteiger partial charge in [0, 0.05) is 0 Å². The van der Waals surface area contributed by atoms with Crippen LogP contribution in [0.1, 0.15) is 52.9 Å². The van der Waals surface area contributed by atoms with Crippen LogP contribution in [0.3, 0.4) is 0 Å². The Morgan fingerprint density at radius 3 is 2.53 bits per heavy atom. The van der Waals surface area contributed by atoms with Gasteiger partial charge in [-0.15, -0.1) is 11.8 Å². The topological polar surface area (TPSA) is 26.3 Å². The average molecular weight is 264 g/mol. The third-order valence-corrected chi connectivity index (χ3v) is 3.79. The van der Waals surface area contributed by atoms with Gasteiger partial charge in [-0.05, 0) is 38.9 Å². The van der Waals surface area contributed by atoms with Crippen molar-refractivity contribution in [3.8, 4) is 0 Å². The standard InChI is InChI=1S/C13H25FO2S/c1-4-6-9-12(13(15)16-5-2)17-10-7-8-11(3)14/h11-12H,4-10H2,1-3H3. The Hall–Kier alpha value is -0.250. The summed E-state index contributed by atoms with van der Waals surface area (Å²) in [6, 6.07) is 0. The molecule has 102 valence electrons. The van der Waals surface area contributed by atoms with Crippen LogP contribution in [0.25, 0.3) is 0 Å². The molecule has 0 saturated carbocycles. The molecule has 2 atom stereocenters. The number of unbranched alkanes of at least 4 members (excludes halogenated alkanes) is 1. The minimum atomic E-state index is -0.743. The van der Waals surface area contributed by atoms with E-state index in [-0.39, 0.29) is 11.2 Å². The fraction of sp³-hybridized carbons (Fsp3) is 0.923. The zero-order valence-corrected chi connectivity index (χ0v) is 12.0. The molecule has 0 fully saturated rings. The molecule has 0 saturated heterocycles. The SMILES string of the molecule is CCCCC(SCCCC(C)F)C(=O)OCC. The molecule has 0 aromatic carbocycles. The number of halogens is 1. The second-order valence-corrected chi connectivity index (χ2v) is 5.49. The lowest BCUT2D eigenvalue weighted by Gasteiger charge is -2.14. The summed E-state index contributed by atoms with van der Waals surface area (Å²) in [7, 11) is 0. The Labute approximate surface area is 109 Å². The monoisotopic (exact) mass is 264 g/mol. The van der Waals surface area contributed by atoms with Crippen molar-refractivity contribution >= 4 is 17.7 Å². The smallest absolute Gasteiger partial charge is 0.319 e. The molecule has 0 aliphatic carbocycles. The number of rotatable bonds is 10. The summed E-state index contributed by atoms with van der Waals surface area (Å²) in [5.41, 5.74) is 0. The molecule has 2 unspecified atom stereocenters. The fourth-order valence-corrected chi connectivity index (χ4v) is 2.64. The lowest BCUT2D eigenvalue weighted by Crippen LogP contribution is -2.21. The number of hydrogen-bond donors (Lipinski definition) is 0. The quantitative estimate of drug-likeness (QED) is 0.441. The summed E-state index contributed by atoms with van der Waals surface area (Å²) >= 11 is 1.61. The van der Waals surface area contributed by atoms with Gasteiger partial charge >= 0.3 is 5.97 Å². The first kappa shape index (κ1) is 16.8. The van der Waals surface area contributed by atoms with Gasteiger partial charge in [0.05, 0.1) is 12.8 Å². The van der Waals surface area contributed by atoms with Gasteiger partial charge in [0.1, 0.15) is 5.25 Å². The van der Waals surface area contributed by atoms with Crippen LogP contribution >= 0.6 is 11.8 Å². The molecule has 0 aromatic heterocycles. The number of carbonyl (C=O) groups is 1. The van der Waals surface area contributed by atoms with Crippen LogP contribution in [0.5, 0.6) is 0 Å². The van der Waals surface area contributed by atoms with Crippen LogP contribution in [0, 0.1) is 0 Å². The lowest BCUT2D eigenvalue weighted by molar-refractivity contribution is -0.142. The summed E-state index contributed by atoms with van der Waals surface area (Å²) in [4.78, 5) is 11.7. The van der Waals surface area contributed by atoms with Gasteiger partial charge < -0.3 is 4.74 Å². The van der Waals surface area contributed by atoms with Crippen LogP contribution < -0.4 is 0 Å². The second kappa shape index (κ2) is 10.9. The summed E-state index contributed by atoms with van der Waals surface area (Å²) in [5, 5.41) is -0.0650. The molecule has 0 amide bonds. The highest BCUT2D eigenvalue weighted by Gasteiger charge is 2.19. The molecular weight excluding hydrogens is 239 g/mol. The summed E-state index contributed by atoms with van der Waals surface area (Å²) in [6.45, 7) is 5.94. The molecule has 4 heteroatoms. The molecule has 0 N–H and O–H groups in total. The van der Waals surface area contributed by atoms with Crippen molar-refractivity contribution < 1.29 is 13.9 Å². The molecule has 17 heavy (non-hydrogen) atoms. The highest BCUT2D eigenvalue weighted by Crippen LogP contribution is 2.21. The van der Waals surface area contributed by atoms with Crippen molar-refractivity contribution in [1.82, 2.24) is 0 Å². The van der Waals surface area contributed by atoms with Crippen molar-refractivity contribution in [3.63, 3.8) is 0 Å². The van der Waals surface area contributed by atoms with E-state index in [2.05, 4.69) is 6.92 Å². The van der Waals surface area contributed by atoms with Crippen molar-refractivity contribution in [2.24, 2.45) is 0 Å². The fourth-order valence-electron chi connectivity index (χ4n) is 1.48. The van der Waals surface area contributed by atoms with Gasteiger partial charge in [0.25, 0.3) is 0 Å². The number of carbonyl (C=O) groups excluding carboxylic acids is 1. The molecule has 0 aliphatic heterocycles. The number of esters is 1. The highest BCUT2D eigenvalue weighted by atomic mass is 32.2. The number of ether oxygens (including phenoxy) is 1. The molecule has 0 heterocycles. The van der Waals surface area contributed by atoms with Gasteiger partial charge in [-0.25, -0.2) is 4.39 Å². The van der Waals surface area contributed by atoms with Crippen LogP contribution in [0.15, 0.2) is 0 Å². The molecule has 0 bridgehead atoms. The molecule has 0 aliphatic rings. The van der Waals surface area contributed by atoms with Gasteiger partial charge in [-0.1, -0.05) is 19.8 Å². The first-order chi connectivity index (χ1) is 8.11. The van der Waals surface area contributed by atoms with E-state index in [0.717, 1.165) is 31.4 Å². The largest absolute Gasteiger partial charge is 0.465 e. The van der Waals surface area contributed by atoms with Crippen molar-refractivity contribution in [3.05, 3.63) is 0 Å². The van der Waals surface area contributed by atoms with Gasteiger partial charge in [0.2, 0.25) is 0 Å². The van der Waals surface area contributed by atoms with Gasteiger partial charge in [-0.2, -0.15) is 0 Å². The van der Waals surface area contributed by atoms with E-state index in [0.29, 0.717) is 13.0 Å². The third kappa shape index (κ3) is 9.45. The van der Waals surface area contributed by atoms with E-state index in [1.807, 2.05) is 6.92 Å². The van der Waals surface area contributed by atoms with Crippen molar-refractivity contribution in [2.45, 2.75) is 64.3 Å². The molecule has 0 aromatic rings. The zero-order chi connectivity index (χ0) is 13.1. The molecule has 0 rings (SSSR count). The van der Waals surface area contributed by atoms with Gasteiger partial charge in [0.15, 0.2) is 0 Å². The molecular formula is C13H25FO2S. The lowest BCUT2D eigenvalue weighted by atomic mass is 10.2. The first-order valence-electron chi connectivity index (χ1n) is 6.54. The van der Waals surface area contributed by atoms with Crippen LogP contribution in [-0.2, 0) is 9.53 Å². The zero-order valence-electron chi connectivity index (χ0n) is 11.2. The van der Waals surface area contributed by atoms with E-state index in [1.165, 1.54) is 0 Å². The van der Waals surface area contributed by atoms with E-state index < -0.39 is 6.17 Å². The first-order valence-corrected chi connectivity index (χ1v) is 7.59. The van der Waals surface area contributed by atoms with Crippen LogP contribution in [-0.4, -0.2) is 29.8 Å². The molecule has 0 spiro atoms. The summed E-state index contributed by atoms with van der Waals surface area (Å²) < 4.78 is 17.7. The molecule has 0 radical (unpaired) electrons. The van der Waals surface area contributed by atoms with E-state index >= 15 is 0 Å². The van der Waals surface area contributed by atoms with Crippen molar-refractivity contribution in [1.29, 1.82) is 0 Å². The minimum Gasteiger partial charge on any atom is -0.465 e. The third-order valence-electron chi connectivity index (χ3n) is 2.43. The maximum absolute atomic E-state index is 12.6. The summed E-state index contributed by atoms with van der Waals surface area (Å²) in [5.74, 6) is 0.723. The van der Waals surface area contributed by atoms with Crippen LogP contribution in [0.2, 0.25) is 0 Å². The Morgan fingerprint density at radius 1 is 1.29 bits per heavy atom. The van der Waals surface area contributed by atoms with Crippen molar-refractivity contribution in [2.75, 3.05) is 12.4 Å². The predicted octanol–water partition coefficient (Wildman–Crippen LogP) is 3.98. The predicted molar refractivity (Wildman–Crippen MR) is 72.2 cm³/mol. The van der Waals surface area contributed by atoms with Gasteiger partial charge in [-0.3, -0.25) is 4.79 Å². The Kier molecular flexibility index (Phi) is 10.7. The highest BCUT2D eigenvalue weighted by molar-refractivity contribution is 8.00. The van der Waals surface area contributed by atoms with E-state index in [1.54, 1.807) is 18.7 Å². The second-order valence-electron chi connectivity index (χ2n) is 4.18. The van der Waals surface area contributed by atoms with E-state index in [9.17, 15) is 9.18 Å². The number of alkyl halides is 1.